The van der Waals surface area contributed by atoms with Crippen molar-refractivity contribution in [3.63, 3.8) is 0 Å². The van der Waals surface area contributed by atoms with E-state index in [1.807, 2.05) is 43.1 Å². The van der Waals surface area contributed by atoms with Gasteiger partial charge in [0.05, 0.1) is 17.4 Å². The standard InChI is InChI=1S/C24H28N4O/c1-18-6-4-7-21(14-18)17-26-10-12-27(13-11-26)24(29)23-15-19(2)28(20(23)3)22-8-5-9-25-16-22/h4-9,14-16H,10-13,17H2,1-3H3. The van der Waals surface area contributed by atoms with Crippen molar-refractivity contribution in [3.05, 3.63) is 82.9 Å². The Morgan fingerprint density at radius 2 is 1.79 bits per heavy atom. The van der Waals surface area contributed by atoms with Crippen LogP contribution in [0.5, 0.6) is 0 Å². The number of carbonyl (C=O) groups is 1. The van der Waals surface area contributed by atoms with Gasteiger partial charge < -0.3 is 9.47 Å². The largest absolute Gasteiger partial charge is 0.336 e. The minimum Gasteiger partial charge on any atom is -0.336 e. The highest BCUT2D eigenvalue weighted by Crippen LogP contribution is 2.22. The second kappa shape index (κ2) is 8.21. The molecule has 1 aliphatic heterocycles. The van der Waals surface area contributed by atoms with Crippen LogP contribution in [0.25, 0.3) is 5.69 Å². The smallest absolute Gasteiger partial charge is 0.255 e. The van der Waals surface area contributed by atoms with E-state index in [2.05, 4.69) is 45.6 Å². The molecule has 2 aromatic heterocycles. The van der Waals surface area contributed by atoms with Crippen LogP contribution in [0.3, 0.4) is 0 Å². The number of aryl methyl sites for hydroxylation is 2. The number of aromatic nitrogens is 2. The molecular formula is C24H28N4O. The minimum absolute atomic E-state index is 0.128. The predicted molar refractivity (Wildman–Crippen MR) is 115 cm³/mol. The summed E-state index contributed by atoms with van der Waals surface area (Å²) < 4.78 is 2.11. The van der Waals surface area contributed by atoms with E-state index in [1.165, 1.54) is 11.1 Å². The lowest BCUT2D eigenvalue weighted by Crippen LogP contribution is -2.48. The zero-order chi connectivity index (χ0) is 20.4. The number of hydrogen-bond acceptors (Lipinski definition) is 3. The average molecular weight is 389 g/mol. The molecule has 3 aromatic rings. The molecule has 0 atom stereocenters. The number of benzene rings is 1. The highest BCUT2D eigenvalue weighted by atomic mass is 16.2. The second-order valence-electron chi connectivity index (χ2n) is 7.89. The summed E-state index contributed by atoms with van der Waals surface area (Å²) in [5, 5.41) is 0. The number of nitrogens with zero attached hydrogens (tertiary/aromatic N) is 4. The molecule has 0 bridgehead atoms. The zero-order valence-electron chi connectivity index (χ0n) is 17.4. The summed E-state index contributed by atoms with van der Waals surface area (Å²) in [7, 11) is 0. The number of rotatable bonds is 4. The first-order valence-corrected chi connectivity index (χ1v) is 10.2. The van der Waals surface area contributed by atoms with Gasteiger partial charge >= 0.3 is 0 Å². The Kier molecular flexibility index (Phi) is 5.49. The molecule has 5 nitrogen and oxygen atoms in total. The van der Waals surface area contributed by atoms with Crippen LogP contribution < -0.4 is 0 Å². The van der Waals surface area contributed by atoms with Crippen LogP contribution in [0, 0.1) is 20.8 Å². The molecule has 0 N–H and O–H groups in total. The zero-order valence-corrected chi connectivity index (χ0v) is 17.4. The fourth-order valence-electron chi connectivity index (χ4n) is 4.21. The van der Waals surface area contributed by atoms with Gasteiger partial charge in [0.2, 0.25) is 0 Å². The van der Waals surface area contributed by atoms with Gasteiger partial charge in [-0.2, -0.15) is 0 Å². The van der Waals surface area contributed by atoms with Gasteiger partial charge in [-0.25, -0.2) is 0 Å². The number of piperazine rings is 1. The quantitative estimate of drug-likeness (QED) is 0.683. The summed E-state index contributed by atoms with van der Waals surface area (Å²) in [6.07, 6.45) is 3.60. The number of amides is 1. The van der Waals surface area contributed by atoms with Crippen LogP contribution >= 0.6 is 0 Å². The maximum Gasteiger partial charge on any atom is 0.255 e. The molecule has 150 valence electrons. The Bertz CT molecular complexity index is 1000. The van der Waals surface area contributed by atoms with Crippen molar-refractivity contribution in [1.82, 2.24) is 19.4 Å². The van der Waals surface area contributed by atoms with Crippen molar-refractivity contribution in [1.29, 1.82) is 0 Å². The third-order valence-corrected chi connectivity index (χ3v) is 5.71. The molecule has 1 saturated heterocycles. The first kappa shape index (κ1) is 19.4. The SMILES string of the molecule is Cc1cccc(CN2CCN(C(=O)c3cc(C)n(-c4cccnc4)c3C)CC2)c1. The molecule has 5 heteroatoms. The molecule has 0 aliphatic carbocycles. The molecule has 0 radical (unpaired) electrons. The van der Waals surface area contributed by atoms with Gasteiger partial charge in [-0.3, -0.25) is 14.7 Å². The number of hydrogen-bond donors (Lipinski definition) is 0. The Hall–Kier alpha value is -2.92. The normalized spacial score (nSPS) is 14.9. The molecule has 0 spiro atoms. The predicted octanol–water partition coefficient (Wildman–Crippen LogP) is 3.76. The summed E-state index contributed by atoms with van der Waals surface area (Å²) in [5.41, 5.74) is 6.44. The number of pyridine rings is 1. The third-order valence-electron chi connectivity index (χ3n) is 5.71. The van der Waals surface area contributed by atoms with Crippen molar-refractivity contribution < 1.29 is 4.79 Å². The number of carbonyl (C=O) groups excluding carboxylic acids is 1. The van der Waals surface area contributed by atoms with E-state index in [9.17, 15) is 4.79 Å². The average Bonchev–Trinajstić information content (AvgIpc) is 3.03. The van der Waals surface area contributed by atoms with Gasteiger partial charge in [-0.15, -0.1) is 0 Å². The van der Waals surface area contributed by atoms with Gasteiger partial charge in [0.15, 0.2) is 0 Å². The van der Waals surface area contributed by atoms with Crippen molar-refractivity contribution in [3.8, 4) is 5.69 Å². The molecule has 1 fully saturated rings. The molecule has 29 heavy (non-hydrogen) atoms. The summed E-state index contributed by atoms with van der Waals surface area (Å²) in [5.74, 6) is 0.128. The molecule has 4 rings (SSSR count). The van der Waals surface area contributed by atoms with Gasteiger partial charge in [0.1, 0.15) is 0 Å². The van der Waals surface area contributed by atoms with Crippen molar-refractivity contribution in [2.24, 2.45) is 0 Å². The highest BCUT2D eigenvalue weighted by Gasteiger charge is 2.25. The van der Waals surface area contributed by atoms with E-state index in [4.69, 9.17) is 0 Å². The van der Waals surface area contributed by atoms with E-state index >= 15 is 0 Å². The summed E-state index contributed by atoms with van der Waals surface area (Å²) in [6.45, 7) is 10.5. The van der Waals surface area contributed by atoms with Crippen molar-refractivity contribution in [2.75, 3.05) is 26.2 Å². The molecule has 1 aliphatic rings. The van der Waals surface area contributed by atoms with Crippen LogP contribution in [-0.4, -0.2) is 51.4 Å². The first-order chi connectivity index (χ1) is 14.0. The van der Waals surface area contributed by atoms with Crippen molar-refractivity contribution >= 4 is 5.91 Å². The van der Waals surface area contributed by atoms with E-state index in [-0.39, 0.29) is 5.91 Å². The van der Waals surface area contributed by atoms with E-state index < -0.39 is 0 Å². The summed E-state index contributed by atoms with van der Waals surface area (Å²) in [6, 6.07) is 14.6. The Labute approximate surface area is 172 Å². The molecule has 0 saturated carbocycles. The maximum atomic E-state index is 13.2. The molecule has 0 unspecified atom stereocenters. The Balaban J connectivity index is 1.44. The lowest BCUT2D eigenvalue weighted by molar-refractivity contribution is 0.0628. The lowest BCUT2D eigenvalue weighted by Gasteiger charge is -2.34. The van der Waals surface area contributed by atoms with Crippen LogP contribution in [0.4, 0.5) is 0 Å². The lowest BCUT2D eigenvalue weighted by atomic mass is 10.1. The van der Waals surface area contributed by atoms with Crippen LogP contribution in [0.15, 0.2) is 54.9 Å². The van der Waals surface area contributed by atoms with E-state index in [0.29, 0.717) is 0 Å². The molecule has 1 amide bonds. The maximum absolute atomic E-state index is 13.2. The van der Waals surface area contributed by atoms with Crippen LogP contribution in [0.2, 0.25) is 0 Å². The van der Waals surface area contributed by atoms with Gasteiger partial charge in [-0.1, -0.05) is 29.8 Å². The first-order valence-electron chi connectivity index (χ1n) is 10.2. The topological polar surface area (TPSA) is 41.4 Å². The van der Waals surface area contributed by atoms with Crippen LogP contribution in [-0.2, 0) is 6.54 Å². The second-order valence-corrected chi connectivity index (χ2v) is 7.89. The van der Waals surface area contributed by atoms with E-state index in [1.54, 1.807) is 6.20 Å². The van der Waals surface area contributed by atoms with Crippen LogP contribution in [0.1, 0.15) is 32.9 Å². The molecular weight excluding hydrogens is 360 g/mol. The molecule has 3 heterocycles. The monoisotopic (exact) mass is 388 g/mol. The fraction of sp³-hybridized carbons (Fsp3) is 0.333. The Morgan fingerprint density at radius 1 is 1.00 bits per heavy atom. The minimum atomic E-state index is 0.128. The van der Waals surface area contributed by atoms with Gasteiger partial charge in [0.25, 0.3) is 5.91 Å². The van der Waals surface area contributed by atoms with Crippen molar-refractivity contribution in [2.45, 2.75) is 27.3 Å². The fourth-order valence-corrected chi connectivity index (χ4v) is 4.21. The summed E-state index contributed by atoms with van der Waals surface area (Å²) in [4.78, 5) is 21.8. The molecule has 1 aromatic carbocycles. The van der Waals surface area contributed by atoms with E-state index in [0.717, 1.165) is 55.4 Å². The highest BCUT2D eigenvalue weighted by molar-refractivity contribution is 5.96. The third kappa shape index (κ3) is 4.10. The summed E-state index contributed by atoms with van der Waals surface area (Å²) >= 11 is 0. The van der Waals surface area contributed by atoms with Gasteiger partial charge in [0, 0.05) is 50.3 Å². The van der Waals surface area contributed by atoms with Gasteiger partial charge in [-0.05, 0) is 44.5 Å². The Morgan fingerprint density at radius 3 is 2.48 bits per heavy atom.